The fraction of sp³-hybridized carbons (Fsp3) is 0.333. The van der Waals surface area contributed by atoms with Crippen LogP contribution in [0, 0.1) is 6.92 Å². The molecule has 0 saturated carbocycles. The largest absolute Gasteiger partial charge is 0.463 e. The molecule has 1 aromatic carbocycles. The fourth-order valence-corrected chi connectivity index (χ4v) is 2.56. The van der Waals surface area contributed by atoms with Crippen LogP contribution in [-0.4, -0.2) is 42.6 Å². The molecule has 136 valence electrons. The van der Waals surface area contributed by atoms with E-state index in [2.05, 4.69) is 5.16 Å². The lowest BCUT2D eigenvalue weighted by Gasteiger charge is -2.15. The first-order valence-corrected chi connectivity index (χ1v) is 8.18. The van der Waals surface area contributed by atoms with E-state index in [1.807, 2.05) is 0 Å². The predicted molar refractivity (Wildman–Crippen MR) is 90.1 cm³/mol. The van der Waals surface area contributed by atoms with Crippen LogP contribution in [0.1, 0.15) is 29.0 Å². The van der Waals surface area contributed by atoms with E-state index in [0.29, 0.717) is 24.3 Å². The molecule has 1 saturated heterocycles. The van der Waals surface area contributed by atoms with Gasteiger partial charge in [-0.05, 0) is 42.8 Å². The van der Waals surface area contributed by atoms with Gasteiger partial charge < -0.3 is 18.9 Å². The number of nitrogens with zero attached hydrogens (tertiary/aromatic N) is 2. The maximum absolute atomic E-state index is 12.1. The highest BCUT2D eigenvalue weighted by atomic mass is 16.6. The molecule has 1 amide bonds. The van der Waals surface area contributed by atoms with Crippen molar-refractivity contribution in [3.63, 3.8) is 0 Å². The molecule has 0 atom stereocenters. The van der Waals surface area contributed by atoms with Crippen molar-refractivity contribution in [2.45, 2.75) is 19.8 Å². The van der Waals surface area contributed by atoms with Crippen molar-refractivity contribution < 1.29 is 28.4 Å². The number of benzene rings is 1. The van der Waals surface area contributed by atoms with Gasteiger partial charge in [0.1, 0.15) is 5.76 Å². The molecular formula is C18H18N2O6. The molecule has 0 spiro atoms. The summed E-state index contributed by atoms with van der Waals surface area (Å²) in [6.07, 6.45) is 1.39. The fourth-order valence-electron chi connectivity index (χ4n) is 2.56. The van der Waals surface area contributed by atoms with Crippen LogP contribution < -0.4 is 9.64 Å². The van der Waals surface area contributed by atoms with Gasteiger partial charge in [0.15, 0.2) is 19.0 Å². The van der Waals surface area contributed by atoms with Crippen LogP contribution >= 0.6 is 0 Å². The highest BCUT2D eigenvalue weighted by molar-refractivity contribution is 5.99. The van der Waals surface area contributed by atoms with Gasteiger partial charge in [0.05, 0.1) is 0 Å². The summed E-state index contributed by atoms with van der Waals surface area (Å²) in [5, 5.41) is 3.58. The zero-order chi connectivity index (χ0) is 18.5. The summed E-state index contributed by atoms with van der Waals surface area (Å²) in [6.45, 7) is 1.63. The van der Waals surface area contributed by atoms with E-state index in [0.717, 1.165) is 12.1 Å². The van der Waals surface area contributed by atoms with E-state index < -0.39 is 5.97 Å². The highest BCUT2D eigenvalue weighted by Crippen LogP contribution is 2.21. The summed E-state index contributed by atoms with van der Waals surface area (Å²) in [7, 11) is 0. The lowest BCUT2D eigenvalue weighted by atomic mass is 10.1. The van der Waals surface area contributed by atoms with E-state index in [4.69, 9.17) is 14.0 Å². The zero-order valence-electron chi connectivity index (χ0n) is 14.3. The number of rotatable bonds is 7. The van der Waals surface area contributed by atoms with Gasteiger partial charge in [0.25, 0.3) is 5.88 Å². The van der Waals surface area contributed by atoms with Gasteiger partial charge in [-0.2, -0.15) is 0 Å². The molecule has 0 unspecified atom stereocenters. The third-order valence-electron chi connectivity index (χ3n) is 3.88. The molecule has 26 heavy (non-hydrogen) atoms. The molecule has 0 bridgehead atoms. The van der Waals surface area contributed by atoms with Gasteiger partial charge in [-0.25, -0.2) is 4.79 Å². The maximum Gasteiger partial charge on any atom is 0.344 e. The van der Waals surface area contributed by atoms with E-state index in [9.17, 15) is 14.4 Å². The number of carbonyl (C=O) groups is 3. The monoisotopic (exact) mass is 358 g/mol. The molecule has 1 aliphatic rings. The number of esters is 1. The molecule has 0 radical (unpaired) electrons. The topological polar surface area (TPSA) is 98.9 Å². The number of aromatic nitrogens is 1. The second-order valence-corrected chi connectivity index (χ2v) is 5.84. The van der Waals surface area contributed by atoms with E-state index in [1.54, 1.807) is 36.1 Å². The van der Waals surface area contributed by atoms with Crippen LogP contribution in [0.4, 0.5) is 5.69 Å². The zero-order valence-corrected chi connectivity index (χ0v) is 14.3. The smallest absolute Gasteiger partial charge is 0.344 e. The molecule has 8 heteroatoms. The van der Waals surface area contributed by atoms with Crippen LogP contribution in [0.5, 0.6) is 5.88 Å². The number of carbonyl (C=O) groups excluding carboxylic acids is 3. The molecule has 2 heterocycles. The van der Waals surface area contributed by atoms with Crippen LogP contribution in [0.15, 0.2) is 34.9 Å². The van der Waals surface area contributed by atoms with Gasteiger partial charge in [-0.15, -0.1) is 0 Å². The van der Waals surface area contributed by atoms with E-state index in [-0.39, 0.29) is 30.8 Å². The first-order valence-electron chi connectivity index (χ1n) is 8.18. The molecule has 8 nitrogen and oxygen atoms in total. The van der Waals surface area contributed by atoms with E-state index >= 15 is 0 Å². The minimum atomic E-state index is -0.682. The summed E-state index contributed by atoms with van der Waals surface area (Å²) in [6, 6.07) is 8.20. The molecule has 3 rings (SSSR count). The van der Waals surface area contributed by atoms with Gasteiger partial charge >= 0.3 is 5.97 Å². The van der Waals surface area contributed by atoms with Crippen molar-refractivity contribution >= 4 is 23.3 Å². The van der Waals surface area contributed by atoms with Crippen LogP contribution in [0.3, 0.4) is 0 Å². The maximum atomic E-state index is 12.1. The highest BCUT2D eigenvalue weighted by Gasteiger charge is 2.21. The number of hydrogen-bond donors (Lipinski definition) is 0. The molecule has 1 fully saturated rings. The minimum absolute atomic E-state index is 0.0836. The molecule has 1 aliphatic heterocycles. The predicted octanol–water partition coefficient (Wildman–Crippen LogP) is 1.91. The number of Topliss-reactive ketones (excluding diaryl/α,β-unsaturated/α-hetero) is 1. The van der Waals surface area contributed by atoms with Crippen molar-refractivity contribution in [3.05, 3.63) is 41.7 Å². The first-order chi connectivity index (χ1) is 12.5. The van der Waals surface area contributed by atoms with Crippen molar-refractivity contribution in [1.29, 1.82) is 0 Å². The summed E-state index contributed by atoms with van der Waals surface area (Å²) >= 11 is 0. The number of anilines is 1. The Morgan fingerprint density at radius 3 is 2.62 bits per heavy atom. The Labute approximate surface area is 149 Å². The molecule has 0 N–H and O–H groups in total. The molecule has 2 aromatic rings. The molecule has 1 aromatic heterocycles. The van der Waals surface area contributed by atoms with Crippen molar-refractivity contribution in [3.8, 4) is 5.88 Å². The quantitative estimate of drug-likeness (QED) is 0.551. The Bertz CT molecular complexity index is 811. The van der Waals surface area contributed by atoms with Gasteiger partial charge in [-0.3, -0.25) is 9.59 Å². The summed E-state index contributed by atoms with van der Waals surface area (Å²) in [5.74, 6) is -0.200. The Morgan fingerprint density at radius 1 is 1.23 bits per heavy atom. The summed E-state index contributed by atoms with van der Waals surface area (Å²) in [5.41, 5.74) is 1.17. The van der Waals surface area contributed by atoms with Crippen molar-refractivity contribution in [1.82, 2.24) is 5.16 Å². The van der Waals surface area contributed by atoms with Crippen LogP contribution in [-0.2, 0) is 14.3 Å². The SMILES string of the molecule is Cc1cc(OCC(=O)OCC(=O)c2ccc(N3CCCC3=O)cc2)no1. The van der Waals surface area contributed by atoms with Crippen molar-refractivity contribution in [2.75, 3.05) is 24.7 Å². The number of aryl methyl sites for hydroxylation is 1. The van der Waals surface area contributed by atoms with Crippen molar-refractivity contribution in [2.24, 2.45) is 0 Å². The number of amides is 1. The molecule has 0 aliphatic carbocycles. The second kappa shape index (κ2) is 7.81. The Morgan fingerprint density at radius 2 is 2.00 bits per heavy atom. The normalized spacial score (nSPS) is 13.7. The average molecular weight is 358 g/mol. The lowest BCUT2D eigenvalue weighted by Crippen LogP contribution is -2.23. The third-order valence-corrected chi connectivity index (χ3v) is 3.88. The molecular weight excluding hydrogens is 340 g/mol. The lowest BCUT2D eigenvalue weighted by molar-refractivity contribution is -0.144. The summed E-state index contributed by atoms with van der Waals surface area (Å²) in [4.78, 5) is 37.1. The minimum Gasteiger partial charge on any atom is -0.463 e. The van der Waals surface area contributed by atoms with E-state index in [1.165, 1.54) is 6.07 Å². The van der Waals surface area contributed by atoms with Gasteiger partial charge in [-0.1, -0.05) is 0 Å². The number of hydrogen-bond acceptors (Lipinski definition) is 7. The third kappa shape index (κ3) is 4.27. The average Bonchev–Trinajstić information content (AvgIpc) is 3.26. The van der Waals surface area contributed by atoms with Crippen LogP contribution in [0.25, 0.3) is 0 Å². The van der Waals surface area contributed by atoms with Gasteiger partial charge in [0, 0.05) is 30.3 Å². The number of ether oxygens (including phenoxy) is 2. The standard InChI is InChI=1S/C18H18N2O6/c1-12-9-16(19-26-12)24-11-18(23)25-10-15(21)13-4-6-14(7-5-13)20-8-2-3-17(20)22/h4-7,9H,2-3,8,10-11H2,1H3. The Hall–Kier alpha value is -3.16. The number of ketones is 1. The second-order valence-electron chi connectivity index (χ2n) is 5.84. The Kier molecular flexibility index (Phi) is 5.31. The first kappa shape index (κ1) is 17.7. The van der Waals surface area contributed by atoms with Crippen LogP contribution in [0.2, 0.25) is 0 Å². The summed E-state index contributed by atoms with van der Waals surface area (Å²) < 4.78 is 14.8. The Balaban J connectivity index is 1.46. The van der Waals surface area contributed by atoms with Gasteiger partial charge in [0.2, 0.25) is 5.91 Å².